The predicted molar refractivity (Wildman–Crippen MR) is 110 cm³/mol. The molecule has 3 aromatic rings. The second kappa shape index (κ2) is 9.21. The third-order valence-electron chi connectivity index (χ3n) is 4.16. The topological polar surface area (TPSA) is 59.8 Å². The van der Waals surface area contributed by atoms with Crippen molar-refractivity contribution < 1.29 is 9.18 Å². The second-order valence-corrected chi connectivity index (χ2v) is 7.89. The van der Waals surface area contributed by atoms with E-state index in [1.54, 1.807) is 6.92 Å². The molecule has 1 aromatic heterocycles. The lowest BCUT2D eigenvalue weighted by molar-refractivity contribution is -0.115. The van der Waals surface area contributed by atoms with Crippen LogP contribution in [0.3, 0.4) is 0 Å². The summed E-state index contributed by atoms with van der Waals surface area (Å²) in [7, 11) is 0. The van der Waals surface area contributed by atoms with Crippen LogP contribution in [0, 0.1) is 5.82 Å². The van der Waals surface area contributed by atoms with E-state index in [2.05, 4.69) is 15.5 Å². The number of carbonyl (C=O) groups excluding carboxylic acids is 1. The Morgan fingerprint density at radius 2 is 2.00 bits per heavy atom. The van der Waals surface area contributed by atoms with Crippen molar-refractivity contribution in [2.75, 3.05) is 5.32 Å². The van der Waals surface area contributed by atoms with E-state index < -0.39 is 11.1 Å². The van der Waals surface area contributed by atoms with Gasteiger partial charge in [0.2, 0.25) is 5.91 Å². The number of nitrogens with zero attached hydrogens (tertiary/aromatic N) is 3. The molecular weight excluding hydrogens is 399 g/mol. The van der Waals surface area contributed by atoms with Crippen LogP contribution in [0.25, 0.3) is 0 Å². The number of nitrogens with one attached hydrogen (secondary N) is 1. The van der Waals surface area contributed by atoms with Crippen LogP contribution in [-0.4, -0.2) is 25.9 Å². The number of amides is 1. The maximum absolute atomic E-state index is 13.2. The lowest BCUT2D eigenvalue weighted by Gasteiger charge is -2.13. The lowest BCUT2D eigenvalue weighted by atomic mass is 10.1. The zero-order valence-corrected chi connectivity index (χ0v) is 17.1. The molecule has 1 unspecified atom stereocenters. The first-order valence-corrected chi connectivity index (χ1v) is 10.1. The molecule has 0 saturated heterocycles. The van der Waals surface area contributed by atoms with Crippen LogP contribution in [0.1, 0.15) is 25.2 Å². The third-order valence-corrected chi connectivity index (χ3v) is 5.55. The largest absolute Gasteiger partial charge is 0.324 e. The Hall–Kier alpha value is -2.38. The van der Waals surface area contributed by atoms with Crippen LogP contribution in [0.5, 0.6) is 0 Å². The molecule has 0 spiro atoms. The molecule has 1 heterocycles. The Kier molecular flexibility index (Phi) is 6.70. The molecule has 0 radical (unpaired) electrons. The first-order chi connectivity index (χ1) is 13.5. The van der Waals surface area contributed by atoms with Crippen molar-refractivity contribution in [3.8, 4) is 0 Å². The van der Waals surface area contributed by atoms with Gasteiger partial charge >= 0.3 is 0 Å². The molecule has 0 fully saturated rings. The zero-order chi connectivity index (χ0) is 20.1. The fraction of sp³-hybridized carbons (Fsp3) is 0.250. The average molecular weight is 419 g/mol. The Balaban J connectivity index is 1.69. The van der Waals surface area contributed by atoms with Gasteiger partial charge in [-0.25, -0.2) is 4.39 Å². The van der Waals surface area contributed by atoms with E-state index in [1.165, 1.54) is 30.0 Å². The number of benzene rings is 2. The average Bonchev–Trinajstić information content (AvgIpc) is 3.05. The Labute approximate surface area is 172 Å². The SMILES string of the molecule is CCn1c(Cc2ccccc2)nnc1SC(C)C(=O)Nc1ccc(F)cc1Cl. The zero-order valence-electron chi connectivity index (χ0n) is 15.5. The van der Waals surface area contributed by atoms with Gasteiger partial charge in [-0.15, -0.1) is 10.2 Å². The van der Waals surface area contributed by atoms with E-state index in [9.17, 15) is 9.18 Å². The summed E-state index contributed by atoms with van der Waals surface area (Å²) in [6.07, 6.45) is 0.675. The van der Waals surface area contributed by atoms with Gasteiger partial charge < -0.3 is 9.88 Å². The van der Waals surface area contributed by atoms with Crippen molar-refractivity contribution in [1.29, 1.82) is 0 Å². The molecule has 1 atom stereocenters. The standard InChI is InChI=1S/C20H20ClFN4OS/c1-3-26-18(11-14-7-5-4-6-8-14)24-25-20(26)28-13(2)19(27)23-17-10-9-15(22)12-16(17)21/h4-10,12-13H,3,11H2,1-2H3,(H,23,27). The molecule has 0 bridgehead atoms. The molecule has 8 heteroatoms. The number of rotatable bonds is 7. The number of aromatic nitrogens is 3. The number of halogens is 2. The van der Waals surface area contributed by atoms with E-state index in [0.29, 0.717) is 23.8 Å². The summed E-state index contributed by atoms with van der Waals surface area (Å²) < 4.78 is 15.2. The van der Waals surface area contributed by atoms with Gasteiger partial charge in [0.15, 0.2) is 5.16 Å². The van der Waals surface area contributed by atoms with Gasteiger partial charge in [-0.2, -0.15) is 0 Å². The summed E-state index contributed by atoms with van der Waals surface area (Å²) in [5.74, 6) is 0.159. The third kappa shape index (κ3) is 4.91. The summed E-state index contributed by atoms with van der Waals surface area (Å²) in [5, 5.41) is 11.7. The molecule has 28 heavy (non-hydrogen) atoms. The summed E-state index contributed by atoms with van der Waals surface area (Å²) in [6, 6.07) is 13.9. The summed E-state index contributed by atoms with van der Waals surface area (Å²) in [4.78, 5) is 12.5. The van der Waals surface area contributed by atoms with E-state index in [0.717, 1.165) is 11.4 Å². The number of anilines is 1. The normalized spacial score (nSPS) is 12.0. The smallest absolute Gasteiger partial charge is 0.237 e. The highest BCUT2D eigenvalue weighted by Crippen LogP contribution is 2.27. The molecule has 0 aliphatic heterocycles. The molecule has 3 rings (SSSR count). The highest BCUT2D eigenvalue weighted by Gasteiger charge is 2.20. The second-order valence-electron chi connectivity index (χ2n) is 6.18. The van der Waals surface area contributed by atoms with Crippen LogP contribution in [0.2, 0.25) is 5.02 Å². The van der Waals surface area contributed by atoms with E-state index in [1.807, 2.05) is 41.8 Å². The van der Waals surface area contributed by atoms with Gasteiger partial charge in [0.25, 0.3) is 0 Å². The quantitative estimate of drug-likeness (QED) is 0.560. The van der Waals surface area contributed by atoms with Gasteiger partial charge in [0.05, 0.1) is 16.0 Å². The first-order valence-electron chi connectivity index (χ1n) is 8.86. The van der Waals surface area contributed by atoms with Gasteiger partial charge in [0.1, 0.15) is 11.6 Å². The van der Waals surface area contributed by atoms with E-state index in [-0.39, 0.29) is 10.9 Å². The molecule has 0 aliphatic carbocycles. The molecule has 1 amide bonds. The van der Waals surface area contributed by atoms with Crippen molar-refractivity contribution in [2.24, 2.45) is 0 Å². The fourth-order valence-corrected chi connectivity index (χ4v) is 3.82. The minimum Gasteiger partial charge on any atom is -0.324 e. The van der Waals surface area contributed by atoms with Gasteiger partial charge in [-0.3, -0.25) is 4.79 Å². The summed E-state index contributed by atoms with van der Waals surface area (Å²) >= 11 is 7.30. The highest BCUT2D eigenvalue weighted by atomic mass is 35.5. The van der Waals surface area contributed by atoms with Crippen LogP contribution in [0.15, 0.2) is 53.7 Å². The molecule has 5 nitrogen and oxygen atoms in total. The Bertz CT molecular complexity index is 964. The maximum atomic E-state index is 13.2. The van der Waals surface area contributed by atoms with E-state index in [4.69, 9.17) is 11.6 Å². The van der Waals surface area contributed by atoms with Crippen LogP contribution < -0.4 is 5.32 Å². The minimum atomic E-state index is -0.451. The van der Waals surface area contributed by atoms with Crippen molar-refractivity contribution in [1.82, 2.24) is 14.8 Å². The van der Waals surface area contributed by atoms with Gasteiger partial charge in [0, 0.05) is 13.0 Å². The van der Waals surface area contributed by atoms with Crippen LogP contribution in [-0.2, 0) is 17.8 Å². The number of carbonyl (C=O) groups is 1. The lowest BCUT2D eigenvalue weighted by Crippen LogP contribution is -2.23. The summed E-state index contributed by atoms with van der Waals surface area (Å²) in [6.45, 7) is 4.50. The molecule has 0 aliphatic rings. The van der Waals surface area contributed by atoms with Gasteiger partial charge in [-0.1, -0.05) is 53.7 Å². The molecule has 2 aromatic carbocycles. The first kappa shape index (κ1) is 20.4. The van der Waals surface area contributed by atoms with Crippen molar-refractivity contribution in [3.63, 3.8) is 0 Å². The minimum absolute atomic E-state index is 0.160. The van der Waals surface area contributed by atoms with E-state index >= 15 is 0 Å². The predicted octanol–water partition coefficient (Wildman–Crippen LogP) is 4.80. The van der Waals surface area contributed by atoms with Crippen molar-refractivity contribution in [2.45, 2.75) is 37.2 Å². The number of hydrogen-bond donors (Lipinski definition) is 1. The molecular formula is C20H20ClFN4OS. The summed E-state index contributed by atoms with van der Waals surface area (Å²) in [5.41, 5.74) is 1.53. The molecule has 1 N–H and O–H groups in total. The highest BCUT2D eigenvalue weighted by molar-refractivity contribution is 8.00. The Morgan fingerprint density at radius 1 is 1.25 bits per heavy atom. The molecule has 0 saturated carbocycles. The van der Waals surface area contributed by atoms with Gasteiger partial charge in [-0.05, 0) is 37.6 Å². The van der Waals surface area contributed by atoms with Crippen molar-refractivity contribution in [3.05, 3.63) is 70.8 Å². The van der Waals surface area contributed by atoms with Crippen LogP contribution in [0.4, 0.5) is 10.1 Å². The Morgan fingerprint density at radius 3 is 2.68 bits per heavy atom. The van der Waals surface area contributed by atoms with Crippen molar-refractivity contribution >= 4 is 35.0 Å². The number of hydrogen-bond acceptors (Lipinski definition) is 4. The monoisotopic (exact) mass is 418 g/mol. The maximum Gasteiger partial charge on any atom is 0.237 e. The van der Waals surface area contributed by atoms with Crippen LogP contribution >= 0.6 is 23.4 Å². The number of thioether (sulfide) groups is 1. The fourth-order valence-electron chi connectivity index (χ4n) is 2.67. The molecule has 146 valence electrons.